The third-order valence-electron chi connectivity index (χ3n) is 14.6. The lowest BCUT2D eigenvalue weighted by Crippen LogP contribution is -2.51. The van der Waals surface area contributed by atoms with Gasteiger partial charge >= 0.3 is 6.09 Å². The maximum atomic E-state index is 15.0. The van der Waals surface area contributed by atoms with Crippen molar-refractivity contribution in [1.29, 1.82) is 0 Å². The second-order valence-corrected chi connectivity index (χ2v) is 20.6. The Morgan fingerprint density at radius 3 is 2.35 bits per heavy atom. The molecule has 17 heteroatoms. The molecule has 9 rings (SSSR count). The number of benzene rings is 1. The normalized spacial score (nSPS) is 22.6. The van der Waals surface area contributed by atoms with Crippen molar-refractivity contribution in [2.45, 2.75) is 96.4 Å². The molecule has 8 heterocycles. The first-order valence-corrected chi connectivity index (χ1v) is 24.6. The van der Waals surface area contributed by atoms with E-state index < -0.39 is 29.6 Å². The molecule has 4 aliphatic rings. The number of fused-ring (bicyclic) bond motifs is 1. The molecule has 4 saturated heterocycles. The number of hydroxylamine groups is 3. The molecular weight excluding hydrogens is 878 g/mol. The predicted molar refractivity (Wildman–Crippen MR) is 265 cm³/mol. The number of nitrogens with one attached hydrogen (secondary N) is 3. The van der Waals surface area contributed by atoms with Gasteiger partial charge in [0.1, 0.15) is 35.5 Å². The van der Waals surface area contributed by atoms with E-state index in [-0.39, 0.29) is 28.7 Å². The Balaban J connectivity index is 0.714. The van der Waals surface area contributed by atoms with Crippen LogP contribution in [0.15, 0.2) is 73.1 Å². The molecule has 4 fully saturated rings. The fourth-order valence-corrected chi connectivity index (χ4v) is 10.6. The van der Waals surface area contributed by atoms with E-state index in [9.17, 15) is 24.0 Å². The van der Waals surface area contributed by atoms with Crippen LogP contribution in [0.2, 0.25) is 0 Å². The van der Waals surface area contributed by atoms with Crippen LogP contribution >= 0.6 is 0 Å². The number of piperazine rings is 1. The highest BCUT2D eigenvalue weighted by atomic mass is 19.1. The van der Waals surface area contributed by atoms with Gasteiger partial charge in [0.2, 0.25) is 17.8 Å². The van der Waals surface area contributed by atoms with Crippen LogP contribution < -0.4 is 20.9 Å². The van der Waals surface area contributed by atoms with E-state index >= 15 is 0 Å². The summed E-state index contributed by atoms with van der Waals surface area (Å²) in [4.78, 5) is 56.4. The predicted octanol–water partition coefficient (Wildman–Crippen LogP) is 7.72. The van der Waals surface area contributed by atoms with E-state index in [1.54, 1.807) is 24.4 Å². The van der Waals surface area contributed by atoms with Crippen LogP contribution in [0.4, 0.5) is 26.5 Å². The van der Waals surface area contributed by atoms with Crippen LogP contribution in [0.25, 0.3) is 22.2 Å². The van der Waals surface area contributed by atoms with Crippen LogP contribution in [0, 0.1) is 17.1 Å². The molecule has 3 amide bonds. The van der Waals surface area contributed by atoms with Crippen molar-refractivity contribution in [3.63, 3.8) is 0 Å². The fourth-order valence-electron chi connectivity index (χ4n) is 10.6. The molecule has 69 heavy (non-hydrogen) atoms. The second kappa shape index (κ2) is 20.1. The maximum Gasteiger partial charge on any atom is 0.413 e. The molecule has 0 aliphatic carbocycles. The number of carbonyl (C=O) groups excluding carboxylic acids is 3. The van der Waals surface area contributed by atoms with Gasteiger partial charge in [-0.05, 0) is 119 Å². The zero-order valence-corrected chi connectivity index (χ0v) is 40.5. The minimum atomic E-state index is -0.670. The molecule has 3 N–H and O–H groups in total. The first-order chi connectivity index (χ1) is 33.1. The van der Waals surface area contributed by atoms with Gasteiger partial charge in [0.15, 0.2) is 0 Å². The minimum absolute atomic E-state index is 0.150. The summed E-state index contributed by atoms with van der Waals surface area (Å²) in [6, 6.07) is 19.8. The zero-order chi connectivity index (χ0) is 48.5. The number of hydrogen-bond donors (Lipinski definition) is 3. The molecule has 4 aromatic heterocycles. The van der Waals surface area contributed by atoms with Gasteiger partial charge in [0, 0.05) is 99.7 Å². The van der Waals surface area contributed by atoms with Crippen LogP contribution in [0.5, 0.6) is 0 Å². The Hall–Kier alpha value is -6.01. The summed E-state index contributed by atoms with van der Waals surface area (Å²) >= 11 is 0. The number of ether oxygens (including phenoxy) is 1. The van der Waals surface area contributed by atoms with E-state index in [1.807, 2.05) is 39.1 Å². The molecule has 0 bridgehead atoms. The summed E-state index contributed by atoms with van der Waals surface area (Å²) in [7, 11) is 2.09. The Bertz CT molecular complexity index is 2630. The molecule has 1 aromatic carbocycles. The van der Waals surface area contributed by atoms with Crippen molar-refractivity contribution in [1.82, 2.24) is 34.6 Å². The number of quaternary nitrogens is 1. The van der Waals surface area contributed by atoms with Crippen molar-refractivity contribution < 1.29 is 28.2 Å². The number of amides is 3. The molecule has 366 valence electrons. The smallest absolute Gasteiger partial charge is 0.413 e. The lowest BCUT2D eigenvalue weighted by Gasteiger charge is -2.48. The highest BCUT2D eigenvalue weighted by Crippen LogP contribution is 2.37. The SMILES string of the molecule is CC(c1cc2c(-c3ccc(NC(=O)OC(C)(C)C)nc3)ccnc2n1C)N1CCC(c2ccc(C[N+]3([O-])CCC(CN4CCN(c5ccc(NC6CCC(=O)NC6=O)c(F)n5)CC4)CC3)cc2)CC1. The Morgan fingerprint density at radius 2 is 1.68 bits per heavy atom. The molecule has 0 radical (unpaired) electrons. The molecule has 2 atom stereocenters. The van der Waals surface area contributed by atoms with Crippen molar-refractivity contribution in [2.24, 2.45) is 13.0 Å². The molecular formula is C52H66FN11O5. The van der Waals surface area contributed by atoms with Gasteiger partial charge in [-0.25, -0.2) is 19.7 Å². The van der Waals surface area contributed by atoms with Crippen LogP contribution in [-0.4, -0.2) is 122 Å². The number of piperidine rings is 3. The molecule has 0 spiro atoms. The van der Waals surface area contributed by atoms with Gasteiger partial charge in [0.25, 0.3) is 0 Å². The van der Waals surface area contributed by atoms with Crippen LogP contribution in [0.1, 0.15) is 95.0 Å². The minimum Gasteiger partial charge on any atom is -0.633 e. The number of rotatable bonds is 12. The number of halogens is 1. The van der Waals surface area contributed by atoms with E-state index in [0.29, 0.717) is 49.5 Å². The summed E-state index contributed by atoms with van der Waals surface area (Å²) in [6.45, 7) is 15.6. The van der Waals surface area contributed by atoms with Crippen molar-refractivity contribution in [3.8, 4) is 11.1 Å². The van der Waals surface area contributed by atoms with Gasteiger partial charge < -0.3 is 29.4 Å². The molecule has 16 nitrogen and oxygen atoms in total. The number of nitrogens with zero attached hydrogens (tertiary/aromatic N) is 8. The quantitative estimate of drug-likeness (QED) is 0.0482. The maximum absolute atomic E-state index is 15.0. The monoisotopic (exact) mass is 944 g/mol. The summed E-state index contributed by atoms with van der Waals surface area (Å²) in [5.74, 6) is 0.524. The van der Waals surface area contributed by atoms with Crippen LogP contribution in [0.3, 0.4) is 0 Å². The number of anilines is 3. The number of aromatic nitrogens is 4. The van der Waals surface area contributed by atoms with Crippen LogP contribution in [-0.2, 0) is 27.9 Å². The zero-order valence-electron chi connectivity index (χ0n) is 40.5. The number of hydrogen-bond acceptors (Lipinski definition) is 12. The van der Waals surface area contributed by atoms with Gasteiger partial charge in [0.05, 0.1) is 18.8 Å². The summed E-state index contributed by atoms with van der Waals surface area (Å²) in [6.07, 6.45) is 7.55. The Morgan fingerprint density at radius 1 is 0.942 bits per heavy atom. The van der Waals surface area contributed by atoms with Gasteiger partial charge in [-0.15, -0.1) is 0 Å². The number of imide groups is 1. The van der Waals surface area contributed by atoms with Gasteiger partial charge in [-0.2, -0.15) is 4.39 Å². The molecule has 2 unspecified atom stereocenters. The van der Waals surface area contributed by atoms with Crippen molar-refractivity contribution >= 4 is 46.3 Å². The van der Waals surface area contributed by atoms with E-state index in [0.717, 1.165) is 99.2 Å². The third-order valence-corrected chi connectivity index (χ3v) is 14.6. The first-order valence-electron chi connectivity index (χ1n) is 24.6. The standard InChI is InChI=1S/C52H66FN11O5/c1-34(44-30-41-40(16-21-54-49(41)60(44)5)39-10-13-45(55-31-39)57-51(67)69-52(2,3)4)62-22-17-38(18-23-62)37-8-6-36(7-9-37)33-64(68)28-19-35(20-29-64)32-61-24-26-63(27-25-61)46-14-11-42(48(53)58-46)56-43-12-15-47(65)59-50(43)66/h6-11,13-14,16,21,30-31,34-35,38,43,56H,12,15,17-20,22-29,32-33H2,1-5H3,(H,55,57,67)(H,59,65,66). The van der Waals surface area contributed by atoms with Gasteiger partial charge in [-0.3, -0.25) is 30.0 Å². The largest absolute Gasteiger partial charge is 0.633 e. The lowest BCUT2D eigenvalue weighted by molar-refractivity contribution is -0.899. The summed E-state index contributed by atoms with van der Waals surface area (Å²) in [5.41, 5.74) is 6.11. The summed E-state index contributed by atoms with van der Waals surface area (Å²) < 4.78 is 22.4. The number of aryl methyl sites for hydroxylation is 1. The highest BCUT2D eigenvalue weighted by molar-refractivity contribution is 6.01. The lowest BCUT2D eigenvalue weighted by atomic mass is 9.88. The van der Waals surface area contributed by atoms with E-state index in [1.165, 1.54) is 11.3 Å². The Kier molecular flexibility index (Phi) is 14.0. The first kappa shape index (κ1) is 48.0. The van der Waals surface area contributed by atoms with E-state index in [2.05, 4.69) is 89.5 Å². The number of likely N-dealkylation sites (tertiary alicyclic amines) is 2. The highest BCUT2D eigenvalue weighted by Gasteiger charge is 2.32. The average molecular weight is 944 g/mol. The van der Waals surface area contributed by atoms with Crippen molar-refractivity contribution in [2.75, 3.05) is 74.4 Å². The third kappa shape index (κ3) is 11.4. The number of pyridine rings is 3. The van der Waals surface area contributed by atoms with Crippen molar-refractivity contribution in [3.05, 3.63) is 101 Å². The van der Waals surface area contributed by atoms with E-state index in [4.69, 9.17) is 9.72 Å². The molecule has 0 saturated carbocycles. The average Bonchev–Trinajstić information content (AvgIpc) is 3.67. The fraction of sp³-hybridized carbons (Fsp3) is 0.500. The molecule has 5 aromatic rings. The summed E-state index contributed by atoms with van der Waals surface area (Å²) in [5, 5.41) is 22.9. The Labute approximate surface area is 403 Å². The number of carbonyl (C=O) groups is 3. The molecule has 4 aliphatic heterocycles. The topological polar surface area (TPSA) is 173 Å². The second-order valence-electron chi connectivity index (χ2n) is 20.6. The van der Waals surface area contributed by atoms with Gasteiger partial charge in [-0.1, -0.05) is 24.3 Å².